The average Bonchev–Trinajstić information content (AvgIpc) is 2.80. The van der Waals surface area contributed by atoms with Gasteiger partial charge in [-0.3, -0.25) is 4.90 Å². The lowest BCUT2D eigenvalue weighted by Crippen LogP contribution is -2.38. The maximum Gasteiger partial charge on any atom is 0.326 e. The van der Waals surface area contributed by atoms with Gasteiger partial charge in [0.05, 0.1) is 17.6 Å². The van der Waals surface area contributed by atoms with Crippen LogP contribution in [0.5, 0.6) is 0 Å². The number of terminal acetylenes is 1. The molecule has 0 radical (unpaired) electrons. The van der Waals surface area contributed by atoms with Crippen LogP contribution in [-0.2, 0) is 0 Å². The number of urea groups is 1. The summed E-state index contributed by atoms with van der Waals surface area (Å²) in [5.41, 5.74) is 0.437. The second-order valence-corrected chi connectivity index (χ2v) is 5.67. The number of carbonyl (C=O) groups is 1. The van der Waals surface area contributed by atoms with Crippen LogP contribution in [0.3, 0.4) is 0 Å². The van der Waals surface area contributed by atoms with Crippen molar-refractivity contribution < 1.29 is 4.79 Å². The van der Waals surface area contributed by atoms with E-state index in [0.29, 0.717) is 17.9 Å². The second kappa shape index (κ2) is 6.88. The van der Waals surface area contributed by atoms with E-state index < -0.39 is 0 Å². The van der Waals surface area contributed by atoms with Gasteiger partial charge in [0.15, 0.2) is 5.82 Å². The van der Waals surface area contributed by atoms with Crippen LogP contribution in [0.4, 0.5) is 10.6 Å². The standard InChI is InChI=1S/C13H15N3O.C4H4N2/c1-5-10-7-6-8-14-11(10)16-9-13(2,3)15(4)12(16)17;1-2-4-6-5-3-1/h1,6-8H,9H2,2-4H3;1-4H. The molecular formula is C17H19N5O. The quantitative estimate of drug-likeness (QED) is 0.758. The van der Waals surface area contributed by atoms with Gasteiger partial charge in [-0.2, -0.15) is 10.2 Å². The zero-order valence-corrected chi connectivity index (χ0v) is 13.5. The van der Waals surface area contributed by atoms with Crippen molar-refractivity contribution in [2.24, 2.45) is 0 Å². The van der Waals surface area contributed by atoms with Crippen LogP contribution in [0.15, 0.2) is 42.9 Å². The monoisotopic (exact) mass is 309 g/mol. The third-order valence-electron chi connectivity index (χ3n) is 3.65. The minimum Gasteiger partial charge on any atom is -0.320 e. The first-order valence-electron chi connectivity index (χ1n) is 7.16. The predicted octanol–water partition coefficient (Wildman–Crippen LogP) is 2.19. The summed E-state index contributed by atoms with van der Waals surface area (Å²) in [6.45, 7) is 4.63. The van der Waals surface area contributed by atoms with Crippen LogP contribution in [0.2, 0.25) is 0 Å². The summed E-state index contributed by atoms with van der Waals surface area (Å²) < 4.78 is 0. The van der Waals surface area contributed by atoms with Gasteiger partial charge >= 0.3 is 6.03 Å². The van der Waals surface area contributed by atoms with E-state index in [2.05, 4.69) is 21.1 Å². The molecule has 2 amide bonds. The van der Waals surface area contributed by atoms with Gasteiger partial charge < -0.3 is 4.90 Å². The molecule has 23 heavy (non-hydrogen) atoms. The minimum absolute atomic E-state index is 0.0646. The first kappa shape index (κ1) is 16.4. The highest BCUT2D eigenvalue weighted by Gasteiger charge is 2.42. The fourth-order valence-corrected chi connectivity index (χ4v) is 2.14. The Bertz CT molecular complexity index is 682. The third-order valence-corrected chi connectivity index (χ3v) is 3.65. The summed E-state index contributed by atoms with van der Waals surface area (Å²) in [7, 11) is 1.79. The number of amides is 2. The molecule has 0 bridgehead atoms. The smallest absolute Gasteiger partial charge is 0.320 e. The number of hydrogen-bond donors (Lipinski definition) is 0. The van der Waals surface area contributed by atoms with E-state index >= 15 is 0 Å². The normalized spacial score (nSPS) is 15.7. The van der Waals surface area contributed by atoms with Gasteiger partial charge in [-0.15, -0.1) is 6.42 Å². The molecule has 0 N–H and O–H groups in total. The third kappa shape index (κ3) is 3.64. The molecule has 0 saturated carbocycles. The Morgan fingerprint density at radius 3 is 2.26 bits per heavy atom. The van der Waals surface area contributed by atoms with Gasteiger partial charge in [0.2, 0.25) is 0 Å². The van der Waals surface area contributed by atoms with E-state index in [4.69, 9.17) is 6.42 Å². The molecule has 118 valence electrons. The number of aromatic nitrogens is 3. The second-order valence-electron chi connectivity index (χ2n) is 5.67. The maximum absolute atomic E-state index is 12.1. The minimum atomic E-state index is -0.208. The summed E-state index contributed by atoms with van der Waals surface area (Å²) in [6, 6.07) is 7.15. The molecule has 1 saturated heterocycles. The van der Waals surface area contributed by atoms with E-state index in [1.807, 2.05) is 26.0 Å². The number of hydrogen-bond acceptors (Lipinski definition) is 4. The van der Waals surface area contributed by atoms with Crippen molar-refractivity contribution in [2.45, 2.75) is 19.4 Å². The SMILES string of the molecule is C#Cc1cccnc1N1CC(C)(C)N(C)C1=O.c1ccnnc1. The number of likely N-dealkylation sites (N-methyl/N-ethyl adjacent to an activating group) is 1. The van der Waals surface area contributed by atoms with Crippen LogP contribution >= 0.6 is 0 Å². The molecule has 2 aromatic heterocycles. The molecule has 3 heterocycles. The lowest BCUT2D eigenvalue weighted by atomic mass is 10.1. The summed E-state index contributed by atoms with van der Waals surface area (Å²) in [5.74, 6) is 3.13. The van der Waals surface area contributed by atoms with Crippen molar-refractivity contribution >= 4 is 11.8 Å². The average molecular weight is 309 g/mol. The van der Waals surface area contributed by atoms with Crippen LogP contribution < -0.4 is 4.90 Å². The predicted molar refractivity (Wildman–Crippen MR) is 88.8 cm³/mol. The van der Waals surface area contributed by atoms with Gasteiger partial charge in [-0.25, -0.2) is 9.78 Å². The fourth-order valence-electron chi connectivity index (χ4n) is 2.14. The van der Waals surface area contributed by atoms with Crippen molar-refractivity contribution in [3.63, 3.8) is 0 Å². The summed E-state index contributed by atoms with van der Waals surface area (Å²) in [6.07, 6.45) is 10.3. The Hall–Kier alpha value is -2.94. The molecule has 1 fully saturated rings. The highest BCUT2D eigenvalue weighted by Crippen LogP contribution is 2.29. The lowest BCUT2D eigenvalue weighted by molar-refractivity contribution is 0.198. The summed E-state index contributed by atoms with van der Waals surface area (Å²) >= 11 is 0. The van der Waals surface area contributed by atoms with Gasteiger partial charge in [0, 0.05) is 25.6 Å². The topological polar surface area (TPSA) is 62.2 Å². The molecule has 0 aliphatic carbocycles. The van der Waals surface area contributed by atoms with Crippen LogP contribution in [0.1, 0.15) is 19.4 Å². The molecule has 0 atom stereocenters. The molecular weight excluding hydrogens is 290 g/mol. The van der Waals surface area contributed by atoms with Gasteiger partial charge in [-0.1, -0.05) is 5.92 Å². The van der Waals surface area contributed by atoms with Gasteiger partial charge in [0.25, 0.3) is 0 Å². The molecule has 3 rings (SSSR count). The Labute approximate surface area is 136 Å². The number of carbonyl (C=O) groups excluding carboxylic acids is 1. The molecule has 6 nitrogen and oxygen atoms in total. The van der Waals surface area contributed by atoms with E-state index in [1.165, 1.54) is 0 Å². The first-order chi connectivity index (χ1) is 11.0. The molecule has 0 aromatic carbocycles. The molecule has 1 aliphatic rings. The van der Waals surface area contributed by atoms with Gasteiger partial charge in [0.1, 0.15) is 0 Å². The molecule has 1 aliphatic heterocycles. The highest BCUT2D eigenvalue weighted by atomic mass is 16.2. The van der Waals surface area contributed by atoms with E-state index in [9.17, 15) is 4.79 Å². The zero-order valence-electron chi connectivity index (χ0n) is 13.5. The van der Waals surface area contributed by atoms with Crippen molar-refractivity contribution in [1.82, 2.24) is 20.1 Å². The number of anilines is 1. The highest BCUT2D eigenvalue weighted by molar-refractivity contribution is 5.95. The fraction of sp³-hybridized carbons (Fsp3) is 0.294. The molecule has 2 aromatic rings. The maximum atomic E-state index is 12.1. The van der Waals surface area contributed by atoms with Crippen molar-refractivity contribution in [3.8, 4) is 12.3 Å². The molecule has 0 spiro atoms. The Kier molecular flexibility index (Phi) is 4.91. The molecule has 0 unspecified atom stereocenters. The Morgan fingerprint density at radius 1 is 1.17 bits per heavy atom. The van der Waals surface area contributed by atoms with E-state index in [1.54, 1.807) is 47.6 Å². The van der Waals surface area contributed by atoms with E-state index in [-0.39, 0.29) is 11.6 Å². The Morgan fingerprint density at radius 2 is 1.83 bits per heavy atom. The number of rotatable bonds is 1. The zero-order chi connectivity index (χ0) is 16.9. The molecule has 6 heteroatoms. The summed E-state index contributed by atoms with van der Waals surface area (Å²) in [5, 5.41) is 7.07. The largest absolute Gasteiger partial charge is 0.326 e. The number of nitrogens with zero attached hydrogens (tertiary/aromatic N) is 5. The van der Waals surface area contributed by atoms with Crippen molar-refractivity contribution in [1.29, 1.82) is 0 Å². The lowest BCUT2D eigenvalue weighted by Gasteiger charge is -2.24. The van der Waals surface area contributed by atoms with Crippen molar-refractivity contribution in [3.05, 3.63) is 48.4 Å². The Balaban J connectivity index is 0.000000268. The number of pyridine rings is 1. The summed E-state index contributed by atoms with van der Waals surface area (Å²) in [4.78, 5) is 19.7. The van der Waals surface area contributed by atoms with Crippen LogP contribution in [-0.4, -0.2) is 45.2 Å². The van der Waals surface area contributed by atoms with Crippen molar-refractivity contribution in [2.75, 3.05) is 18.5 Å². The van der Waals surface area contributed by atoms with E-state index in [0.717, 1.165) is 0 Å². The van der Waals surface area contributed by atoms with Gasteiger partial charge in [-0.05, 0) is 38.1 Å². The first-order valence-corrected chi connectivity index (χ1v) is 7.16. The van der Waals surface area contributed by atoms with Crippen LogP contribution in [0, 0.1) is 12.3 Å². The van der Waals surface area contributed by atoms with Crippen LogP contribution in [0.25, 0.3) is 0 Å².